The van der Waals surface area contributed by atoms with Crippen molar-refractivity contribution in [1.29, 1.82) is 0 Å². The molecule has 24 heavy (non-hydrogen) atoms. The SMILES string of the molecule is Cc1sc2ncn3c(SCC(=O)NC4CCCC4)nnc3c2c1C. The third-order valence-corrected chi connectivity index (χ3v) is 6.66. The number of rotatable bonds is 4. The van der Waals surface area contributed by atoms with Crippen molar-refractivity contribution in [1.82, 2.24) is 24.9 Å². The summed E-state index contributed by atoms with van der Waals surface area (Å²) in [5.74, 6) is 0.428. The zero-order valence-corrected chi connectivity index (χ0v) is 15.3. The average molecular weight is 361 g/mol. The highest BCUT2D eigenvalue weighted by Gasteiger charge is 2.19. The number of nitrogens with one attached hydrogen (secondary N) is 1. The van der Waals surface area contributed by atoms with Crippen LogP contribution < -0.4 is 5.32 Å². The van der Waals surface area contributed by atoms with Gasteiger partial charge >= 0.3 is 0 Å². The second kappa shape index (κ2) is 6.33. The van der Waals surface area contributed by atoms with Crippen molar-refractivity contribution >= 4 is 44.9 Å². The fourth-order valence-corrected chi connectivity index (χ4v) is 4.90. The van der Waals surface area contributed by atoms with Crippen molar-refractivity contribution in [3.05, 3.63) is 16.8 Å². The molecule has 0 unspecified atom stereocenters. The van der Waals surface area contributed by atoms with Crippen LogP contribution >= 0.6 is 23.1 Å². The van der Waals surface area contributed by atoms with E-state index < -0.39 is 0 Å². The molecule has 4 rings (SSSR count). The van der Waals surface area contributed by atoms with Crippen molar-refractivity contribution in [2.24, 2.45) is 0 Å². The van der Waals surface area contributed by atoms with Gasteiger partial charge in [-0.05, 0) is 32.3 Å². The standard InChI is InChI=1S/C16H19N5OS2/c1-9-10(2)24-15-13(9)14-19-20-16(21(14)8-17-15)23-7-12(22)18-11-5-3-4-6-11/h8,11H,3-7H2,1-2H3,(H,18,22). The van der Waals surface area contributed by atoms with Crippen LogP contribution in [0.2, 0.25) is 0 Å². The molecule has 1 aliphatic carbocycles. The molecule has 0 saturated heterocycles. The number of amides is 1. The zero-order chi connectivity index (χ0) is 16.7. The van der Waals surface area contributed by atoms with Gasteiger partial charge in [-0.2, -0.15) is 0 Å². The number of carbonyl (C=O) groups excluding carboxylic acids is 1. The molecule has 8 heteroatoms. The number of carbonyl (C=O) groups is 1. The van der Waals surface area contributed by atoms with Crippen LogP contribution in [0.3, 0.4) is 0 Å². The van der Waals surface area contributed by atoms with Gasteiger partial charge in [-0.1, -0.05) is 24.6 Å². The number of hydrogen-bond donors (Lipinski definition) is 1. The summed E-state index contributed by atoms with van der Waals surface area (Å²) in [6, 6.07) is 0.353. The van der Waals surface area contributed by atoms with Crippen LogP contribution in [0.25, 0.3) is 15.9 Å². The summed E-state index contributed by atoms with van der Waals surface area (Å²) in [5.41, 5.74) is 2.02. The molecule has 3 heterocycles. The molecule has 3 aromatic heterocycles. The van der Waals surface area contributed by atoms with Gasteiger partial charge in [0.1, 0.15) is 11.2 Å². The molecule has 0 aliphatic heterocycles. The monoisotopic (exact) mass is 361 g/mol. The smallest absolute Gasteiger partial charge is 0.230 e. The van der Waals surface area contributed by atoms with E-state index in [1.54, 1.807) is 17.7 Å². The van der Waals surface area contributed by atoms with E-state index in [0.717, 1.165) is 28.7 Å². The van der Waals surface area contributed by atoms with Crippen molar-refractivity contribution in [3.63, 3.8) is 0 Å². The quantitative estimate of drug-likeness (QED) is 0.723. The molecule has 126 valence electrons. The number of fused-ring (bicyclic) bond motifs is 3. The van der Waals surface area contributed by atoms with E-state index in [2.05, 4.69) is 34.3 Å². The van der Waals surface area contributed by atoms with Crippen molar-refractivity contribution < 1.29 is 4.79 Å². The molecule has 0 bridgehead atoms. The second-order valence-corrected chi connectivity index (χ2v) is 8.37. The molecule has 0 aromatic carbocycles. The highest BCUT2D eigenvalue weighted by atomic mass is 32.2. The van der Waals surface area contributed by atoms with Crippen LogP contribution in [0, 0.1) is 13.8 Å². The Balaban J connectivity index is 1.54. The Labute approximate surface area is 148 Å². The topological polar surface area (TPSA) is 72.2 Å². The molecule has 0 radical (unpaired) electrons. The lowest BCUT2D eigenvalue weighted by Gasteiger charge is -2.10. The Morgan fingerprint density at radius 1 is 1.38 bits per heavy atom. The second-order valence-electron chi connectivity index (χ2n) is 6.22. The van der Waals surface area contributed by atoms with E-state index in [1.165, 1.54) is 35.0 Å². The largest absolute Gasteiger partial charge is 0.353 e. The summed E-state index contributed by atoms with van der Waals surface area (Å²) in [6.07, 6.45) is 6.39. The minimum Gasteiger partial charge on any atom is -0.353 e. The fourth-order valence-electron chi connectivity index (χ4n) is 3.19. The Kier molecular flexibility index (Phi) is 4.17. The number of aromatic nitrogens is 4. The molecule has 1 aliphatic rings. The third-order valence-electron chi connectivity index (χ3n) is 4.60. The first-order valence-electron chi connectivity index (χ1n) is 8.15. The van der Waals surface area contributed by atoms with Crippen molar-refractivity contribution in [3.8, 4) is 0 Å². The van der Waals surface area contributed by atoms with E-state index in [-0.39, 0.29) is 5.91 Å². The lowest BCUT2D eigenvalue weighted by Crippen LogP contribution is -2.33. The van der Waals surface area contributed by atoms with Gasteiger partial charge in [0.2, 0.25) is 5.91 Å². The van der Waals surface area contributed by atoms with E-state index in [0.29, 0.717) is 17.0 Å². The van der Waals surface area contributed by atoms with Gasteiger partial charge in [-0.25, -0.2) is 4.98 Å². The predicted molar refractivity (Wildman–Crippen MR) is 96.8 cm³/mol. The summed E-state index contributed by atoms with van der Waals surface area (Å²) in [5, 5.41) is 13.5. The number of thiophene rings is 1. The molecular weight excluding hydrogens is 342 g/mol. The number of thioether (sulfide) groups is 1. The molecule has 1 saturated carbocycles. The van der Waals surface area contributed by atoms with Crippen molar-refractivity contribution in [2.45, 2.75) is 50.7 Å². The van der Waals surface area contributed by atoms with Gasteiger partial charge in [0.25, 0.3) is 0 Å². The Hall–Kier alpha value is -1.67. The minimum absolute atomic E-state index is 0.0697. The van der Waals surface area contributed by atoms with Crippen LogP contribution in [-0.2, 0) is 4.79 Å². The molecule has 3 aromatic rings. The van der Waals surface area contributed by atoms with Crippen LogP contribution in [0.5, 0.6) is 0 Å². The summed E-state index contributed by atoms with van der Waals surface area (Å²) in [6.45, 7) is 4.18. The number of aryl methyl sites for hydroxylation is 2. The molecule has 1 N–H and O–H groups in total. The summed E-state index contributed by atoms with van der Waals surface area (Å²) < 4.78 is 1.88. The third kappa shape index (κ3) is 2.77. The Morgan fingerprint density at radius 2 is 2.17 bits per heavy atom. The van der Waals surface area contributed by atoms with Crippen molar-refractivity contribution in [2.75, 3.05) is 5.75 Å². The lowest BCUT2D eigenvalue weighted by molar-refractivity contribution is -0.119. The maximum absolute atomic E-state index is 12.1. The zero-order valence-electron chi connectivity index (χ0n) is 13.7. The van der Waals surface area contributed by atoms with Crippen LogP contribution in [0.4, 0.5) is 0 Å². The van der Waals surface area contributed by atoms with Gasteiger partial charge in [-0.15, -0.1) is 21.5 Å². The first-order valence-corrected chi connectivity index (χ1v) is 9.95. The average Bonchev–Trinajstić information content (AvgIpc) is 3.26. The Bertz CT molecular complexity index is 910. The van der Waals surface area contributed by atoms with E-state index >= 15 is 0 Å². The maximum Gasteiger partial charge on any atom is 0.230 e. The molecule has 0 spiro atoms. The summed E-state index contributed by atoms with van der Waals surface area (Å²) in [7, 11) is 0. The predicted octanol–water partition coefficient (Wildman–Crippen LogP) is 3.11. The van der Waals surface area contributed by atoms with Gasteiger partial charge in [0.05, 0.1) is 11.1 Å². The number of hydrogen-bond acceptors (Lipinski definition) is 6. The van der Waals surface area contributed by atoms with Crippen LogP contribution in [0.15, 0.2) is 11.5 Å². The van der Waals surface area contributed by atoms with Gasteiger partial charge in [0.15, 0.2) is 10.8 Å². The summed E-state index contributed by atoms with van der Waals surface area (Å²) >= 11 is 3.09. The minimum atomic E-state index is 0.0697. The summed E-state index contributed by atoms with van der Waals surface area (Å²) in [4.78, 5) is 18.9. The van der Waals surface area contributed by atoms with E-state index in [9.17, 15) is 4.79 Å². The Morgan fingerprint density at radius 3 is 2.96 bits per heavy atom. The number of nitrogens with zero attached hydrogens (tertiary/aromatic N) is 4. The highest BCUT2D eigenvalue weighted by molar-refractivity contribution is 7.99. The molecular formula is C16H19N5OS2. The molecule has 0 atom stereocenters. The fraction of sp³-hybridized carbons (Fsp3) is 0.500. The molecule has 1 amide bonds. The first-order chi connectivity index (χ1) is 11.6. The normalized spacial score (nSPS) is 15.6. The van der Waals surface area contributed by atoms with E-state index in [1.807, 2.05) is 4.40 Å². The van der Waals surface area contributed by atoms with Gasteiger partial charge < -0.3 is 5.32 Å². The van der Waals surface area contributed by atoms with Gasteiger partial charge in [-0.3, -0.25) is 9.20 Å². The van der Waals surface area contributed by atoms with Crippen LogP contribution in [-0.4, -0.2) is 37.3 Å². The first kappa shape index (κ1) is 15.8. The maximum atomic E-state index is 12.1. The molecule has 1 fully saturated rings. The highest BCUT2D eigenvalue weighted by Crippen LogP contribution is 2.32. The van der Waals surface area contributed by atoms with E-state index in [4.69, 9.17) is 0 Å². The molecule has 6 nitrogen and oxygen atoms in total. The van der Waals surface area contributed by atoms with Crippen LogP contribution in [0.1, 0.15) is 36.1 Å². The lowest BCUT2D eigenvalue weighted by atomic mass is 10.2. The van der Waals surface area contributed by atoms with Gasteiger partial charge in [0, 0.05) is 10.9 Å².